The Morgan fingerprint density at radius 1 is 1.03 bits per heavy atom. The lowest BCUT2D eigenvalue weighted by atomic mass is 10.1. The summed E-state index contributed by atoms with van der Waals surface area (Å²) in [5, 5.41) is 6.34. The highest BCUT2D eigenvalue weighted by Gasteiger charge is 2.30. The van der Waals surface area contributed by atoms with E-state index in [1.807, 2.05) is 18.3 Å². The molecule has 5 rings (SSSR count). The molecule has 1 aromatic carbocycles. The Morgan fingerprint density at radius 2 is 1.70 bits per heavy atom. The Morgan fingerprint density at radius 3 is 2.35 bits per heavy atom. The zero-order valence-electron chi connectivity index (χ0n) is 20.0. The van der Waals surface area contributed by atoms with Crippen LogP contribution in [0, 0.1) is 0 Å². The van der Waals surface area contributed by atoms with E-state index in [0.717, 1.165) is 56.6 Å². The molecule has 4 heterocycles. The third-order valence-electron chi connectivity index (χ3n) is 6.64. The van der Waals surface area contributed by atoms with Crippen molar-refractivity contribution in [3.05, 3.63) is 60.0 Å². The number of halogens is 5. The normalized spacial score (nSPS) is 17.1. The number of alkyl halides is 3. The first-order chi connectivity index (χ1) is 16.8. The summed E-state index contributed by atoms with van der Waals surface area (Å²) in [6.45, 7) is 3.20. The minimum Gasteiger partial charge on any atom is -0.490 e. The Balaban J connectivity index is 0.00000190. The van der Waals surface area contributed by atoms with Crippen LogP contribution in [0.25, 0.3) is 5.65 Å². The smallest absolute Gasteiger partial charge is 0.416 e. The Bertz CT molecular complexity index is 1180. The Hall–Kier alpha value is -2.69. The van der Waals surface area contributed by atoms with Gasteiger partial charge in [-0.1, -0.05) is 0 Å². The van der Waals surface area contributed by atoms with Crippen molar-refractivity contribution in [2.75, 3.05) is 31.1 Å². The zero-order valence-corrected chi connectivity index (χ0v) is 21.7. The molecule has 0 unspecified atom stereocenters. The molecule has 0 spiro atoms. The molecule has 2 N–H and O–H groups in total. The molecule has 0 saturated carbocycles. The number of nitrogens with zero attached hydrogens (tertiary/aromatic N) is 3. The standard InChI is InChI=1S/C25H28F3N5O2.2ClH/c26-25(27,28)17-1-3-19(4-2-17)32-12-7-20(8-13-32)35-21-9-14-33-16-22(31-23(33)15-21)24(34)30-18-5-10-29-11-6-18;;/h1-4,9,14-16,18,20,29H,5-8,10-13H2,(H,30,34);2*1H. The lowest BCUT2D eigenvalue weighted by Gasteiger charge is -2.33. The monoisotopic (exact) mass is 559 g/mol. The van der Waals surface area contributed by atoms with Gasteiger partial charge in [-0.05, 0) is 56.3 Å². The fourth-order valence-electron chi connectivity index (χ4n) is 4.66. The average Bonchev–Trinajstić information content (AvgIpc) is 3.29. The summed E-state index contributed by atoms with van der Waals surface area (Å²) in [5.41, 5.74) is 1.16. The van der Waals surface area contributed by atoms with Crippen LogP contribution in [0.3, 0.4) is 0 Å². The number of rotatable bonds is 5. The molecule has 1 amide bonds. The second kappa shape index (κ2) is 12.2. The first-order valence-corrected chi connectivity index (χ1v) is 11.9. The number of aromatic nitrogens is 2. The Labute approximate surface area is 225 Å². The van der Waals surface area contributed by atoms with E-state index in [1.54, 1.807) is 10.6 Å². The van der Waals surface area contributed by atoms with E-state index in [9.17, 15) is 18.0 Å². The third kappa shape index (κ3) is 7.00. The number of carbonyl (C=O) groups is 1. The highest BCUT2D eigenvalue weighted by atomic mass is 35.5. The van der Waals surface area contributed by atoms with E-state index >= 15 is 0 Å². The molecule has 2 aliphatic heterocycles. The number of piperidine rings is 2. The summed E-state index contributed by atoms with van der Waals surface area (Å²) in [6, 6.07) is 9.14. The zero-order chi connectivity index (χ0) is 24.4. The molecule has 0 radical (unpaired) electrons. The molecule has 0 bridgehead atoms. The average molecular weight is 560 g/mol. The molecule has 0 aliphatic carbocycles. The number of ether oxygens (including phenoxy) is 1. The number of benzene rings is 1. The van der Waals surface area contributed by atoms with E-state index in [2.05, 4.69) is 20.5 Å². The first-order valence-electron chi connectivity index (χ1n) is 11.9. The van der Waals surface area contributed by atoms with Crippen LogP contribution in [0.5, 0.6) is 5.75 Å². The first kappa shape index (κ1) is 28.9. The van der Waals surface area contributed by atoms with Crippen molar-refractivity contribution in [3.8, 4) is 5.75 Å². The number of anilines is 1. The summed E-state index contributed by atoms with van der Waals surface area (Å²) < 4.78 is 46.4. The fourth-order valence-corrected chi connectivity index (χ4v) is 4.66. The van der Waals surface area contributed by atoms with Gasteiger partial charge in [0.15, 0.2) is 0 Å². The van der Waals surface area contributed by atoms with Crippen molar-refractivity contribution >= 4 is 42.1 Å². The summed E-state index contributed by atoms with van der Waals surface area (Å²) >= 11 is 0. The van der Waals surface area contributed by atoms with E-state index in [0.29, 0.717) is 30.2 Å². The number of hydrogen-bond donors (Lipinski definition) is 2. The Kier molecular flexibility index (Phi) is 9.55. The lowest BCUT2D eigenvalue weighted by molar-refractivity contribution is -0.137. The highest BCUT2D eigenvalue weighted by Crippen LogP contribution is 2.31. The maximum atomic E-state index is 12.8. The number of pyridine rings is 1. The largest absolute Gasteiger partial charge is 0.490 e. The van der Waals surface area contributed by atoms with Crippen LogP contribution >= 0.6 is 24.8 Å². The van der Waals surface area contributed by atoms with Crippen LogP contribution in [0.15, 0.2) is 48.8 Å². The van der Waals surface area contributed by atoms with Gasteiger partial charge in [-0.15, -0.1) is 24.8 Å². The molecular weight excluding hydrogens is 530 g/mol. The second-order valence-corrected chi connectivity index (χ2v) is 9.10. The molecular formula is C25H30Cl2F3N5O2. The van der Waals surface area contributed by atoms with E-state index in [1.165, 1.54) is 12.1 Å². The number of amides is 1. The van der Waals surface area contributed by atoms with E-state index in [-0.39, 0.29) is 42.9 Å². The molecule has 2 fully saturated rings. The van der Waals surface area contributed by atoms with Crippen LogP contribution in [0.2, 0.25) is 0 Å². The van der Waals surface area contributed by atoms with Gasteiger partial charge < -0.3 is 24.7 Å². The van der Waals surface area contributed by atoms with Gasteiger partial charge in [0.2, 0.25) is 0 Å². The summed E-state index contributed by atoms with van der Waals surface area (Å²) in [6.07, 6.45) is 2.56. The van der Waals surface area contributed by atoms with Crippen molar-refractivity contribution in [3.63, 3.8) is 0 Å². The maximum Gasteiger partial charge on any atom is 0.416 e. The topological polar surface area (TPSA) is 70.9 Å². The van der Waals surface area contributed by atoms with E-state index < -0.39 is 11.7 Å². The minimum atomic E-state index is -4.33. The molecule has 7 nitrogen and oxygen atoms in total. The van der Waals surface area contributed by atoms with Gasteiger partial charge in [0.1, 0.15) is 23.2 Å². The molecule has 2 aromatic heterocycles. The second-order valence-electron chi connectivity index (χ2n) is 9.10. The van der Waals surface area contributed by atoms with Gasteiger partial charge in [-0.3, -0.25) is 4.79 Å². The minimum absolute atomic E-state index is 0. The number of nitrogens with one attached hydrogen (secondary N) is 2. The van der Waals surface area contributed by atoms with Gasteiger partial charge in [-0.25, -0.2) is 4.98 Å². The number of imidazole rings is 1. The summed E-state index contributed by atoms with van der Waals surface area (Å²) in [5.74, 6) is 0.514. The van der Waals surface area contributed by atoms with Crippen LogP contribution < -0.4 is 20.3 Å². The molecule has 2 saturated heterocycles. The van der Waals surface area contributed by atoms with Gasteiger partial charge in [0.05, 0.1) is 5.56 Å². The van der Waals surface area contributed by atoms with Gasteiger partial charge in [-0.2, -0.15) is 13.2 Å². The van der Waals surface area contributed by atoms with Crippen LogP contribution in [0.4, 0.5) is 18.9 Å². The SMILES string of the molecule is Cl.Cl.O=C(NC1CCNCC1)c1cn2ccc(OC3CCN(c4ccc(C(F)(F)F)cc4)CC3)cc2n1. The highest BCUT2D eigenvalue weighted by molar-refractivity contribution is 5.93. The van der Waals surface area contributed by atoms with Crippen molar-refractivity contribution in [2.45, 2.75) is 44.0 Å². The third-order valence-corrected chi connectivity index (χ3v) is 6.64. The van der Waals surface area contributed by atoms with Crippen LogP contribution in [0.1, 0.15) is 41.7 Å². The molecule has 12 heteroatoms. The van der Waals surface area contributed by atoms with Crippen LogP contribution in [-0.2, 0) is 6.18 Å². The predicted octanol–water partition coefficient (Wildman–Crippen LogP) is 4.73. The van der Waals surface area contributed by atoms with Gasteiger partial charge >= 0.3 is 6.18 Å². The predicted molar refractivity (Wildman–Crippen MR) is 140 cm³/mol. The van der Waals surface area contributed by atoms with Crippen molar-refractivity contribution in [1.82, 2.24) is 20.0 Å². The summed E-state index contributed by atoms with van der Waals surface area (Å²) in [7, 11) is 0. The van der Waals surface area contributed by atoms with Crippen molar-refractivity contribution in [2.24, 2.45) is 0 Å². The molecule has 2 aliphatic rings. The molecule has 202 valence electrons. The summed E-state index contributed by atoms with van der Waals surface area (Å²) in [4.78, 5) is 19.2. The van der Waals surface area contributed by atoms with E-state index in [4.69, 9.17) is 4.74 Å². The van der Waals surface area contributed by atoms with Crippen molar-refractivity contribution < 1.29 is 22.7 Å². The van der Waals surface area contributed by atoms with Crippen molar-refractivity contribution in [1.29, 1.82) is 0 Å². The van der Waals surface area contributed by atoms with Gasteiger partial charge in [0, 0.05) is 56.1 Å². The molecule has 37 heavy (non-hydrogen) atoms. The lowest BCUT2D eigenvalue weighted by Crippen LogP contribution is -2.42. The number of fused-ring (bicyclic) bond motifs is 1. The molecule has 3 aromatic rings. The molecule has 0 atom stereocenters. The maximum absolute atomic E-state index is 12.8. The van der Waals surface area contributed by atoms with Gasteiger partial charge in [0.25, 0.3) is 5.91 Å². The number of hydrogen-bond acceptors (Lipinski definition) is 5. The fraction of sp³-hybridized carbons (Fsp3) is 0.440. The number of carbonyl (C=O) groups excluding carboxylic acids is 1. The van der Waals surface area contributed by atoms with Crippen LogP contribution in [-0.4, -0.2) is 53.6 Å². The quantitative estimate of drug-likeness (QED) is 0.473.